The first-order chi connectivity index (χ1) is 8.65. The monoisotopic (exact) mass is 247 g/mol. The molecule has 2 aromatic heterocycles. The second kappa shape index (κ2) is 3.97. The molecular formula is C12H13N3O3. The standard InChI is InChI=1S/C12H13N3O3/c1-15-12-8(11(14-15)7-2-3-7)4-5-9(13-12)18-6-10(16)17/h4-5,7H,2-3,6H2,1H3,(H,16,17). The van der Waals surface area contributed by atoms with Gasteiger partial charge in [0.05, 0.1) is 5.69 Å². The van der Waals surface area contributed by atoms with Gasteiger partial charge in [0.15, 0.2) is 12.3 Å². The number of aromatic nitrogens is 3. The lowest BCUT2D eigenvalue weighted by Gasteiger charge is -2.02. The number of rotatable bonds is 4. The van der Waals surface area contributed by atoms with Crippen LogP contribution in [0.15, 0.2) is 12.1 Å². The Kier molecular flexibility index (Phi) is 2.43. The molecule has 1 saturated carbocycles. The topological polar surface area (TPSA) is 77.2 Å². The van der Waals surface area contributed by atoms with Crippen LogP contribution >= 0.6 is 0 Å². The zero-order valence-corrected chi connectivity index (χ0v) is 9.96. The Labute approximate surface area is 103 Å². The molecule has 3 rings (SSSR count). The molecule has 1 N–H and O–H groups in total. The van der Waals surface area contributed by atoms with E-state index in [4.69, 9.17) is 9.84 Å². The molecule has 0 aliphatic heterocycles. The molecule has 18 heavy (non-hydrogen) atoms. The second-order valence-corrected chi connectivity index (χ2v) is 4.49. The minimum atomic E-state index is -1.01. The van der Waals surface area contributed by atoms with Crippen LogP contribution in [-0.2, 0) is 11.8 Å². The number of carboxylic acid groups (broad SMARTS) is 1. The van der Waals surface area contributed by atoms with Gasteiger partial charge in [-0.05, 0) is 18.9 Å². The SMILES string of the molecule is Cn1nc(C2CC2)c2ccc(OCC(=O)O)nc21. The average molecular weight is 247 g/mol. The van der Waals surface area contributed by atoms with E-state index in [9.17, 15) is 4.79 Å². The molecule has 0 saturated heterocycles. The molecule has 0 amide bonds. The van der Waals surface area contributed by atoms with Crippen molar-refractivity contribution in [2.45, 2.75) is 18.8 Å². The van der Waals surface area contributed by atoms with Gasteiger partial charge in [-0.2, -0.15) is 10.1 Å². The van der Waals surface area contributed by atoms with Crippen LogP contribution in [-0.4, -0.2) is 32.4 Å². The van der Waals surface area contributed by atoms with E-state index < -0.39 is 5.97 Å². The minimum absolute atomic E-state index is 0.315. The van der Waals surface area contributed by atoms with Crippen LogP contribution in [0.3, 0.4) is 0 Å². The largest absolute Gasteiger partial charge is 0.479 e. The van der Waals surface area contributed by atoms with E-state index in [1.807, 2.05) is 13.1 Å². The number of aliphatic carboxylic acids is 1. The first kappa shape index (κ1) is 11.0. The molecule has 1 aliphatic rings. The summed E-state index contributed by atoms with van der Waals surface area (Å²) in [6.07, 6.45) is 2.37. The van der Waals surface area contributed by atoms with E-state index in [1.165, 1.54) is 12.8 Å². The average Bonchev–Trinajstić information content (AvgIpc) is 3.13. The molecule has 6 heteroatoms. The Balaban J connectivity index is 1.96. The zero-order chi connectivity index (χ0) is 12.7. The fourth-order valence-corrected chi connectivity index (χ4v) is 2.01. The Hall–Kier alpha value is -2.11. The van der Waals surface area contributed by atoms with Gasteiger partial charge in [-0.15, -0.1) is 0 Å². The summed E-state index contributed by atoms with van der Waals surface area (Å²) in [6.45, 7) is -0.383. The highest BCUT2D eigenvalue weighted by Gasteiger charge is 2.29. The number of hydrogen-bond donors (Lipinski definition) is 1. The Bertz CT molecular complexity index is 616. The van der Waals surface area contributed by atoms with Crippen molar-refractivity contribution in [3.63, 3.8) is 0 Å². The van der Waals surface area contributed by atoms with Crippen LogP contribution in [0.25, 0.3) is 11.0 Å². The summed E-state index contributed by atoms with van der Waals surface area (Å²) in [5.74, 6) is -0.142. The maximum Gasteiger partial charge on any atom is 0.341 e. The molecular weight excluding hydrogens is 234 g/mol. The Morgan fingerprint density at radius 2 is 2.33 bits per heavy atom. The molecule has 0 spiro atoms. The van der Waals surface area contributed by atoms with E-state index in [0.717, 1.165) is 16.7 Å². The third-order valence-corrected chi connectivity index (χ3v) is 3.00. The van der Waals surface area contributed by atoms with Crippen molar-refractivity contribution in [1.29, 1.82) is 0 Å². The van der Waals surface area contributed by atoms with Crippen LogP contribution in [0.4, 0.5) is 0 Å². The minimum Gasteiger partial charge on any atom is -0.479 e. The number of aryl methyl sites for hydroxylation is 1. The third-order valence-electron chi connectivity index (χ3n) is 3.00. The first-order valence-corrected chi connectivity index (χ1v) is 5.83. The van der Waals surface area contributed by atoms with E-state index in [0.29, 0.717) is 11.8 Å². The van der Waals surface area contributed by atoms with Gasteiger partial charge in [0, 0.05) is 24.4 Å². The van der Waals surface area contributed by atoms with Crippen molar-refractivity contribution in [2.75, 3.05) is 6.61 Å². The molecule has 6 nitrogen and oxygen atoms in total. The summed E-state index contributed by atoms with van der Waals surface area (Å²) >= 11 is 0. The third kappa shape index (κ3) is 1.90. The van der Waals surface area contributed by atoms with Crippen LogP contribution in [0.5, 0.6) is 5.88 Å². The maximum absolute atomic E-state index is 10.4. The normalized spacial score (nSPS) is 14.9. The van der Waals surface area contributed by atoms with Crippen molar-refractivity contribution < 1.29 is 14.6 Å². The molecule has 0 atom stereocenters. The van der Waals surface area contributed by atoms with E-state index in [1.54, 1.807) is 10.7 Å². The summed E-state index contributed by atoms with van der Waals surface area (Å²) in [5, 5.41) is 14.1. The molecule has 0 bridgehead atoms. The van der Waals surface area contributed by atoms with Crippen molar-refractivity contribution in [2.24, 2.45) is 7.05 Å². The van der Waals surface area contributed by atoms with Gasteiger partial charge >= 0.3 is 5.97 Å². The van der Waals surface area contributed by atoms with Crippen LogP contribution in [0.1, 0.15) is 24.5 Å². The van der Waals surface area contributed by atoms with Gasteiger partial charge in [-0.1, -0.05) is 0 Å². The number of carboxylic acids is 1. The predicted octanol–water partition coefficient (Wildman–Crippen LogP) is 1.31. The van der Waals surface area contributed by atoms with Crippen molar-refractivity contribution in [3.05, 3.63) is 17.8 Å². The summed E-state index contributed by atoms with van der Waals surface area (Å²) in [4.78, 5) is 14.7. The smallest absolute Gasteiger partial charge is 0.341 e. The number of nitrogens with zero attached hydrogens (tertiary/aromatic N) is 3. The molecule has 2 aromatic rings. The van der Waals surface area contributed by atoms with E-state index >= 15 is 0 Å². The van der Waals surface area contributed by atoms with Crippen molar-refractivity contribution in [1.82, 2.24) is 14.8 Å². The fourth-order valence-electron chi connectivity index (χ4n) is 2.01. The first-order valence-electron chi connectivity index (χ1n) is 5.83. The fraction of sp³-hybridized carbons (Fsp3) is 0.417. The molecule has 94 valence electrons. The lowest BCUT2D eigenvalue weighted by molar-refractivity contribution is -0.139. The number of ether oxygens (including phenoxy) is 1. The lowest BCUT2D eigenvalue weighted by Crippen LogP contribution is -2.10. The number of fused-ring (bicyclic) bond motifs is 1. The van der Waals surface area contributed by atoms with Gasteiger partial charge in [0.25, 0.3) is 0 Å². The zero-order valence-electron chi connectivity index (χ0n) is 9.96. The van der Waals surface area contributed by atoms with Crippen LogP contribution < -0.4 is 4.74 Å². The van der Waals surface area contributed by atoms with Gasteiger partial charge < -0.3 is 9.84 Å². The second-order valence-electron chi connectivity index (χ2n) is 4.49. The highest BCUT2D eigenvalue weighted by molar-refractivity contribution is 5.80. The number of hydrogen-bond acceptors (Lipinski definition) is 4. The molecule has 0 radical (unpaired) electrons. The van der Waals surface area contributed by atoms with Crippen LogP contribution in [0.2, 0.25) is 0 Å². The summed E-state index contributed by atoms with van der Waals surface area (Å²) in [6, 6.07) is 3.60. The van der Waals surface area contributed by atoms with Gasteiger partial charge in [0.1, 0.15) is 0 Å². The number of carbonyl (C=O) groups is 1. The summed E-state index contributed by atoms with van der Waals surface area (Å²) in [5.41, 5.74) is 1.82. The molecule has 0 aromatic carbocycles. The molecule has 0 unspecified atom stereocenters. The lowest BCUT2D eigenvalue weighted by atomic mass is 10.2. The maximum atomic E-state index is 10.4. The Morgan fingerprint density at radius 3 is 3.00 bits per heavy atom. The highest BCUT2D eigenvalue weighted by Crippen LogP contribution is 2.42. The number of pyridine rings is 1. The van der Waals surface area contributed by atoms with Gasteiger partial charge in [0.2, 0.25) is 5.88 Å². The van der Waals surface area contributed by atoms with Crippen LogP contribution in [0, 0.1) is 0 Å². The summed E-state index contributed by atoms with van der Waals surface area (Å²) in [7, 11) is 1.84. The van der Waals surface area contributed by atoms with Crippen molar-refractivity contribution in [3.8, 4) is 5.88 Å². The van der Waals surface area contributed by atoms with Crippen molar-refractivity contribution >= 4 is 17.0 Å². The molecule has 1 fully saturated rings. The highest BCUT2D eigenvalue weighted by atomic mass is 16.5. The van der Waals surface area contributed by atoms with Gasteiger partial charge in [-0.3, -0.25) is 4.68 Å². The van der Waals surface area contributed by atoms with E-state index in [2.05, 4.69) is 10.1 Å². The molecule has 1 aliphatic carbocycles. The quantitative estimate of drug-likeness (QED) is 0.881. The van der Waals surface area contributed by atoms with Gasteiger partial charge in [-0.25, -0.2) is 4.79 Å². The Morgan fingerprint density at radius 1 is 1.56 bits per heavy atom. The van der Waals surface area contributed by atoms with E-state index in [-0.39, 0.29) is 6.61 Å². The summed E-state index contributed by atoms with van der Waals surface area (Å²) < 4.78 is 6.78. The molecule has 2 heterocycles. The predicted molar refractivity (Wildman–Crippen MR) is 63.6 cm³/mol.